The zero-order chi connectivity index (χ0) is 18.3. The van der Waals surface area contributed by atoms with Gasteiger partial charge >= 0.3 is 0 Å². The highest BCUT2D eigenvalue weighted by Gasteiger charge is 2.49. The van der Waals surface area contributed by atoms with E-state index in [4.69, 9.17) is 0 Å². The van der Waals surface area contributed by atoms with E-state index in [9.17, 15) is 4.79 Å². The van der Waals surface area contributed by atoms with Gasteiger partial charge in [0.15, 0.2) is 0 Å². The van der Waals surface area contributed by atoms with Gasteiger partial charge in [-0.3, -0.25) is 4.79 Å². The van der Waals surface area contributed by atoms with Crippen LogP contribution in [-0.4, -0.2) is 41.5 Å². The zero-order valence-electron chi connectivity index (χ0n) is 16.3. The highest BCUT2D eigenvalue weighted by atomic mass is 35.5. The molecule has 28 heavy (non-hydrogen) atoms. The van der Waals surface area contributed by atoms with Gasteiger partial charge in [-0.05, 0) is 81.1 Å². The molecule has 150 valence electrons. The molecule has 1 spiro atoms. The first kappa shape index (κ1) is 19.5. The van der Waals surface area contributed by atoms with Crippen molar-refractivity contribution in [1.82, 2.24) is 9.88 Å². The van der Waals surface area contributed by atoms with Gasteiger partial charge in [0.05, 0.1) is 5.56 Å². The number of H-pyrrole nitrogens is 1. The van der Waals surface area contributed by atoms with Crippen LogP contribution in [-0.2, 0) is 0 Å². The number of rotatable bonds is 5. The van der Waals surface area contributed by atoms with Gasteiger partial charge in [-0.1, -0.05) is 18.2 Å². The van der Waals surface area contributed by atoms with Crippen LogP contribution in [0.1, 0.15) is 48.9 Å². The average Bonchev–Trinajstić information content (AvgIpc) is 3.31. The van der Waals surface area contributed by atoms with E-state index in [0.717, 1.165) is 30.0 Å². The van der Waals surface area contributed by atoms with Crippen LogP contribution in [0.4, 0.5) is 5.69 Å². The fraction of sp³-hybridized carbons (Fsp3) is 0.522. The first-order valence-electron chi connectivity index (χ1n) is 10.5. The lowest BCUT2D eigenvalue weighted by molar-refractivity contribution is 0.0140. The van der Waals surface area contributed by atoms with Crippen LogP contribution >= 0.6 is 12.4 Å². The third kappa shape index (κ3) is 3.85. The second kappa shape index (κ2) is 7.92. The Bertz CT molecular complexity index is 771. The van der Waals surface area contributed by atoms with E-state index in [1.807, 2.05) is 41.6 Å². The summed E-state index contributed by atoms with van der Waals surface area (Å²) < 4.78 is 0. The molecule has 2 heterocycles. The topological polar surface area (TPSA) is 39.3 Å². The van der Waals surface area contributed by atoms with Crippen LogP contribution in [0.2, 0.25) is 0 Å². The highest BCUT2D eigenvalue weighted by molar-refractivity contribution is 6.06. The number of aromatic nitrogens is 1. The Balaban J connectivity index is 0.00000192. The number of halogens is 1. The number of hydrogen-bond acceptors (Lipinski definition) is 2. The van der Waals surface area contributed by atoms with Gasteiger partial charge in [0, 0.05) is 30.7 Å². The van der Waals surface area contributed by atoms with Crippen molar-refractivity contribution in [3.05, 3.63) is 54.4 Å². The van der Waals surface area contributed by atoms with Gasteiger partial charge in [-0.2, -0.15) is 0 Å². The molecule has 1 aromatic heterocycles. The van der Waals surface area contributed by atoms with Gasteiger partial charge in [-0.25, -0.2) is 0 Å². The van der Waals surface area contributed by atoms with E-state index in [1.54, 1.807) is 0 Å². The minimum absolute atomic E-state index is 0. The molecule has 1 aliphatic heterocycles. The molecular formula is C23H30ClN3O. The third-order valence-electron chi connectivity index (χ3n) is 6.93. The van der Waals surface area contributed by atoms with Crippen molar-refractivity contribution in [1.29, 1.82) is 0 Å². The van der Waals surface area contributed by atoms with Gasteiger partial charge in [-0.15, -0.1) is 12.4 Å². The minimum atomic E-state index is 0. The molecule has 1 N–H and O–H groups in total. The second-order valence-corrected chi connectivity index (χ2v) is 8.92. The van der Waals surface area contributed by atoms with Crippen LogP contribution in [0.15, 0.2) is 48.8 Å². The van der Waals surface area contributed by atoms with Crippen molar-refractivity contribution in [3.8, 4) is 0 Å². The monoisotopic (exact) mass is 399 g/mol. The van der Waals surface area contributed by atoms with Crippen molar-refractivity contribution in [2.24, 2.45) is 11.3 Å². The van der Waals surface area contributed by atoms with E-state index in [0.29, 0.717) is 11.5 Å². The molecule has 1 aromatic carbocycles. The summed E-state index contributed by atoms with van der Waals surface area (Å²) in [4.78, 5) is 20.9. The van der Waals surface area contributed by atoms with Crippen LogP contribution in [0.5, 0.6) is 0 Å². The van der Waals surface area contributed by atoms with Gasteiger partial charge in [0.2, 0.25) is 0 Å². The zero-order valence-corrected chi connectivity index (χ0v) is 17.2. The number of likely N-dealkylation sites (tertiary alicyclic amines) is 1. The maximum atomic E-state index is 13.2. The molecular weight excluding hydrogens is 370 g/mol. The maximum absolute atomic E-state index is 13.2. The summed E-state index contributed by atoms with van der Waals surface area (Å²) in [6.07, 6.45) is 11.4. The Kier molecular flexibility index (Phi) is 5.52. The lowest BCUT2D eigenvalue weighted by atomic mass is 9.60. The van der Waals surface area contributed by atoms with Crippen molar-refractivity contribution in [2.45, 2.75) is 44.6 Å². The molecule has 3 fully saturated rings. The Hall–Kier alpha value is -1.78. The number of benzene rings is 1. The van der Waals surface area contributed by atoms with Crippen molar-refractivity contribution in [2.75, 3.05) is 24.5 Å². The summed E-state index contributed by atoms with van der Waals surface area (Å²) in [6.45, 7) is 3.82. The Morgan fingerprint density at radius 3 is 2.43 bits per heavy atom. The molecule has 2 saturated carbocycles. The maximum Gasteiger partial charge on any atom is 0.260 e. The number of carbonyl (C=O) groups is 1. The lowest BCUT2D eigenvalue weighted by Gasteiger charge is -2.55. The molecule has 4 nitrogen and oxygen atoms in total. The minimum Gasteiger partial charge on any atom is -0.367 e. The normalized spacial score (nSPS) is 21.7. The summed E-state index contributed by atoms with van der Waals surface area (Å²) in [5.41, 5.74) is 2.24. The Morgan fingerprint density at radius 2 is 1.82 bits per heavy atom. The molecule has 1 saturated heterocycles. The smallest absolute Gasteiger partial charge is 0.260 e. The SMILES string of the molecule is Cl.O=C(c1cc[nH]c1)N(c1ccccc1)C1CC2(CCN(CC3CC3)CC2)C1. The molecule has 5 rings (SSSR count). The number of amides is 1. The summed E-state index contributed by atoms with van der Waals surface area (Å²) in [7, 11) is 0. The summed E-state index contributed by atoms with van der Waals surface area (Å²) in [6, 6.07) is 12.4. The molecule has 2 aliphatic carbocycles. The third-order valence-corrected chi connectivity index (χ3v) is 6.93. The predicted octanol–water partition coefficient (Wildman–Crippen LogP) is 4.74. The molecule has 2 aromatic rings. The molecule has 0 bridgehead atoms. The highest BCUT2D eigenvalue weighted by Crippen LogP contribution is 2.52. The number of carbonyl (C=O) groups excluding carboxylic acids is 1. The van der Waals surface area contributed by atoms with Crippen LogP contribution in [0.25, 0.3) is 0 Å². The number of nitrogens with zero attached hydrogens (tertiary/aromatic N) is 2. The average molecular weight is 400 g/mol. The van der Waals surface area contributed by atoms with E-state index < -0.39 is 0 Å². The van der Waals surface area contributed by atoms with Crippen LogP contribution in [0, 0.1) is 11.3 Å². The number of anilines is 1. The van der Waals surface area contributed by atoms with Gasteiger partial charge in [0.25, 0.3) is 5.91 Å². The molecule has 1 amide bonds. The molecule has 3 aliphatic rings. The fourth-order valence-corrected chi connectivity index (χ4v) is 5.08. The van der Waals surface area contributed by atoms with E-state index in [-0.39, 0.29) is 18.3 Å². The largest absolute Gasteiger partial charge is 0.367 e. The number of piperidine rings is 1. The van der Waals surface area contributed by atoms with Crippen molar-refractivity contribution >= 4 is 24.0 Å². The first-order chi connectivity index (χ1) is 13.2. The van der Waals surface area contributed by atoms with E-state index in [2.05, 4.69) is 22.0 Å². The number of para-hydroxylation sites is 1. The predicted molar refractivity (Wildman–Crippen MR) is 115 cm³/mol. The Labute approximate surface area is 173 Å². The van der Waals surface area contributed by atoms with Crippen molar-refractivity contribution < 1.29 is 4.79 Å². The number of nitrogens with one attached hydrogen (secondary N) is 1. The van der Waals surface area contributed by atoms with Crippen molar-refractivity contribution in [3.63, 3.8) is 0 Å². The second-order valence-electron chi connectivity index (χ2n) is 8.92. The quantitative estimate of drug-likeness (QED) is 0.788. The van der Waals surface area contributed by atoms with E-state index in [1.165, 1.54) is 45.3 Å². The molecule has 0 atom stereocenters. The fourth-order valence-electron chi connectivity index (χ4n) is 5.08. The van der Waals surface area contributed by atoms with Crippen LogP contribution in [0.3, 0.4) is 0 Å². The lowest BCUT2D eigenvalue weighted by Crippen LogP contribution is -2.56. The molecule has 0 unspecified atom stereocenters. The van der Waals surface area contributed by atoms with Crippen LogP contribution < -0.4 is 4.90 Å². The summed E-state index contributed by atoms with van der Waals surface area (Å²) in [5.74, 6) is 1.11. The number of hydrogen-bond donors (Lipinski definition) is 1. The van der Waals surface area contributed by atoms with Gasteiger partial charge < -0.3 is 14.8 Å². The Morgan fingerprint density at radius 1 is 1.11 bits per heavy atom. The van der Waals surface area contributed by atoms with E-state index >= 15 is 0 Å². The standard InChI is InChI=1S/C23H29N3O.ClH/c27-22(19-8-11-24-16-19)26(20-4-2-1-3-5-20)21-14-23(15-21)9-12-25(13-10-23)17-18-6-7-18;/h1-5,8,11,16,18,21,24H,6-7,9-10,12-15,17H2;1H. The first-order valence-corrected chi connectivity index (χ1v) is 10.5. The number of aromatic amines is 1. The summed E-state index contributed by atoms with van der Waals surface area (Å²) >= 11 is 0. The summed E-state index contributed by atoms with van der Waals surface area (Å²) in [5, 5.41) is 0. The molecule has 5 heteroatoms. The van der Waals surface area contributed by atoms with Gasteiger partial charge in [0.1, 0.15) is 0 Å². The molecule has 0 radical (unpaired) electrons.